The normalized spacial score (nSPS) is 14.4. The van der Waals surface area contributed by atoms with Gasteiger partial charge in [0, 0.05) is 32.8 Å². The van der Waals surface area contributed by atoms with E-state index in [-0.39, 0.29) is 28.6 Å². The van der Waals surface area contributed by atoms with Gasteiger partial charge in [-0.2, -0.15) is 0 Å². The Hall–Kier alpha value is -6.85. The summed E-state index contributed by atoms with van der Waals surface area (Å²) in [6.45, 7) is 0. The second kappa shape index (κ2) is 11.4. The van der Waals surface area contributed by atoms with Gasteiger partial charge in [0.05, 0.1) is 35.8 Å². The Labute approximate surface area is 301 Å². The van der Waals surface area contributed by atoms with Crippen molar-refractivity contribution in [3.63, 3.8) is 0 Å². The van der Waals surface area contributed by atoms with Gasteiger partial charge < -0.3 is 8.98 Å². The van der Waals surface area contributed by atoms with E-state index in [1.165, 1.54) is 0 Å². The van der Waals surface area contributed by atoms with Gasteiger partial charge in [0.2, 0.25) is 0 Å². The summed E-state index contributed by atoms with van der Waals surface area (Å²) in [4.78, 5) is 13.8. The van der Waals surface area contributed by atoms with Crippen LogP contribution in [0.4, 0.5) is 0 Å². The first-order valence-electron chi connectivity index (χ1n) is 20.9. The Morgan fingerprint density at radius 3 is 1.78 bits per heavy atom. The van der Waals surface area contributed by atoms with Crippen molar-refractivity contribution in [2.75, 3.05) is 0 Å². The molecule has 50 heavy (non-hydrogen) atoms. The Balaban J connectivity index is 1.28. The highest BCUT2D eigenvalue weighted by Gasteiger charge is 2.21. The SMILES string of the molecule is [2H]c1c([2H])c([2H])c(-c2nc(-c3ccc4c5ccccc5n(-c5cccc6oc7cccc(-c8ccccc8)c7c56)c4c3)nc(-c3c([2H])c([2H])c([2H])c([2H])c3[2H])n2)c([2H])c1[2H]. The van der Waals surface area contributed by atoms with Crippen LogP contribution in [0.5, 0.6) is 0 Å². The van der Waals surface area contributed by atoms with E-state index in [4.69, 9.17) is 18.1 Å². The van der Waals surface area contributed by atoms with Crippen LogP contribution in [-0.4, -0.2) is 19.5 Å². The molecule has 0 saturated carbocycles. The van der Waals surface area contributed by atoms with Crippen LogP contribution < -0.4 is 0 Å². The predicted molar refractivity (Wildman–Crippen MR) is 203 cm³/mol. The molecule has 0 fully saturated rings. The molecule has 0 saturated heterocycles. The standard InChI is InChI=1S/C45H28N4O/c1-4-14-29(15-5-1)33-21-12-24-39-41(33)42-37(23-13-25-40(42)50-39)49-36-22-11-10-20-34(36)35-27-26-32(28-38(35)49)45-47-43(30-16-6-2-7-17-30)46-44(48-45)31-18-8-3-9-19-31/h1-28H/i2D,3D,6D,7D,8D,9D,16D,17D,18D,19D. The largest absolute Gasteiger partial charge is 0.456 e. The third-order valence-electron chi connectivity index (χ3n) is 8.84. The Kier molecular flexibility index (Phi) is 4.52. The van der Waals surface area contributed by atoms with Crippen LogP contribution in [0.2, 0.25) is 0 Å². The molecule has 5 heteroatoms. The van der Waals surface area contributed by atoms with Crippen LogP contribution in [0.1, 0.15) is 13.7 Å². The molecule has 7 aromatic carbocycles. The van der Waals surface area contributed by atoms with Gasteiger partial charge in [-0.25, -0.2) is 15.0 Å². The smallest absolute Gasteiger partial charge is 0.164 e. The zero-order valence-electron chi connectivity index (χ0n) is 36.1. The summed E-state index contributed by atoms with van der Waals surface area (Å²) in [6.07, 6.45) is 0. The van der Waals surface area contributed by atoms with E-state index >= 15 is 0 Å². The lowest BCUT2D eigenvalue weighted by atomic mass is 9.99. The average Bonchev–Trinajstić information content (AvgIpc) is 3.82. The number of fused-ring (bicyclic) bond motifs is 6. The summed E-state index contributed by atoms with van der Waals surface area (Å²) < 4.78 is 93.3. The van der Waals surface area contributed by atoms with Crippen LogP contribution in [0, 0.1) is 0 Å². The van der Waals surface area contributed by atoms with Crippen molar-refractivity contribution in [2.45, 2.75) is 0 Å². The molecule has 0 aliphatic carbocycles. The number of hydrogen-bond acceptors (Lipinski definition) is 4. The van der Waals surface area contributed by atoms with E-state index in [2.05, 4.69) is 37.7 Å². The van der Waals surface area contributed by atoms with Crippen LogP contribution in [0.3, 0.4) is 0 Å². The van der Waals surface area contributed by atoms with Gasteiger partial charge in [-0.3, -0.25) is 0 Å². The lowest BCUT2D eigenvalue weighted by molar-refractivity contribution is 0.669. The summed E-state index contributed by atoms with van der Waals surface area (Å²) in [5.74, 6) is -0.685. The van der Waals surface area contributed by atoms with Crippen LogP contribution in [-0.2, 0) is 0 Å². The molecule has 0 aliphatic rings. The van der Waals surface area contributed by atoms with Crippen LogP contribution >= 0.6 is 0 Å². The Morgan fingerprint density at radius 2 is 1.06 bits per heavy atom. The van der Waals surface area contributed by atoms with Gasteiger partial charge in [-0.15, -0.1) is 0 Å². The van der Waals surface area contributed by atoms with E-state index in [1.807, 2.05) is 84.9 Å². The number of rotatable bonds is 5. The fraction of sp³-hybridized carbons (Fsp3) is 0. The number of aromatic nitrogens is 4. The van der Waals surface area contributed by atoms with Crippen molar-refractivity contribution in [3.05, 3.63) is 170 Å². The van der Waals surface area contributed by atoms with Crippen molar-refractivity contribution in [3.8, 4) is 51.0 Å². The zero-order chi connectivity index (χ0) is 41.7. The van der Waals surface area contributed by atoms with Crippen molar-refractivity contribution < 1.29 is 18.1 Å². The minimum Gasteiger partial charge on any atom is -0.456 e. The Bertz CT molecular complexity index is 3310. The van der Waals surface area contributed by atoms with Gasteiger partial charge in [0.1, 0.15) is 11.2 Å². The summed E-state index contributed by atoms with van der Waals surface area (Å²) in [7, 11) is 0. The molecule has 0 bridgehead atoms. The quantitative estimate of drug-likeness (QED) is 0.186. The van der Waals surface area contributed by atoms with Gasteiger partial charge in [-0.1, -0.05) is 139 Å². The van der Waals surface area contributed by atoms with Crippen LogP contribution in [0.15, 0.2) is 174 Å². The molecule has 0 N–H and O–H groups in total. The molecule has 10 aromatic rings. The van der Waals surface area contributed by atoms with Gasteiger partial charge >= 0.3 is 0 Å². The third kappa shape index (κ3) is 4.52. The van der Waals surface area contributed by atoms with E-state index in [0.29, 0.717) is 11.1 Å². The highest BCUT2D eigenvalue weighted by atomic mass is 16.3. The van der Waals surface area contributed by atoms with E-state index in [1.54, 1.807) is 6.07 Å². The first-order valence-corrected chi connectivity index (χ1v) is 15.9. The highest BCUT2D eigenvalue weighted by Crippen LogP contribution is 2.42. The lowest BCUT2D eigenvalue weighted by Crippen LogP contribution is -2.00. The van der Waals surface area contributed by atoms with E-state index in [9.17, 15) is 0 Å². The second-order valence-electron chi connectivity index (χ2n) is 11.7. The zero-order valence-corrected chi connectivity index (χ0v) is 26.1. The number of para-hydroxylation sites is 1. The number of hydrogen-bond donors (Lipinski definition) is 0. The fourth-order valence-corrected chi connectivity index (χ4v) is 6.71. The molecule has 0 atom stereocenters. The molecule has 0 amide bonds. The third-order valence-corrected chi connectivity index (χ3v) is 8.84. The Morgan fingerprint density at radius 1 is 0.460 bits per heavy atom. The van der Waals surface area contributed by atoms with Gasteiger partial charge in [0.25, 0.3) is 0 Å². The van der Waals surface area contributed by atoms with E-state index in [0.717, 1.165) is 55.0 Å². The van der Waals surface area contributed by atoms with Crippen LogP contribution in [0.25, 0.3) is 94.7 Å². The molecule has 0 radical (unpaired) electrons. The first-order chi connectivity index (χ1) is 28.9. The fourth-order valence-electron chi connectivity index (χ4n) is 6.71. The summed E-state index contributed by atoms with van der Waals surface area (Å²) in [5, 5.41) is 3.70. The molecule has 0 aliphatic heterocycles. The van der Waals surface area contributed by atoms with Gasteiger partial charge in [0.15, 0.2) is 17.5 Å². The maximum atomic E-state index is 8.73. The van der Waals surface area contributed by atoms with E-state index < -0.39 is 60.4 Å². The summed E-state index contributed by atoms with van der Waals surface area (Å²) in [5.41, 5.74) is 5.71. The molecule has 10 rings (SSSR count). The molecular weight excluding hydrogens is 613 g/mol. The molecule has 234 valence electrons. The van der Waals surface area contributed by atoms with Crippen molar-refractivity contribution in [1.29, 1.82) is 0 Å². The second-order valence-corrected chi connectivity index (χ2v) is 11.7. The molecule has 0 unspecified atom stereocenters. The van der Waals surface area contributed by atoms with Crippen molar-refractivity contribution in [2.24, 2.45) is 0 Å². The predicted octanol–water partition coefficient (Wildman–Crippen LogP) is 11.5. The number of benzene rings is 7. The molecule has 0 spiro atoms. The lowest BCUT2D eigenvalue weighted by Gasteiger charge is -2.12. The summed E-state index contributed by atoms with van der Waals surface area (Å²) in [6, 6.07) is 29.7. The number of nitrogens with zero attached hydrogens (tertiary/aromatic N) is 4. The molecule has 3 aromatic heterocycles. The van der Waals surface area contributed by atoms with Gasteiger partial charge in [-0.05, 0) is 41.5 Å². The average molecular weight is 651 g/mol. The number of furan rings is 1. The monoisotopic (exact) mass is 650 g/mol. The topological polar surface area (TPSA) is 56.7 Å². The molecule has 5 nitrogen and oxygen atoms in total. The minimum atomic E-state index is -0.611. The first kappa shape index (κ1) is 19.8. The summed E-state index contributed by atoms with van der Waals surface area (Å²) >= 11 is 0. The molecule has 3 heterocycles. The van der Waals surface area contributed by atoms with Crippen molar-refractivity contribution in [1.82, 2.24) is 19.5 Å². The molecular formula is C45H28N4O. The maximum absolute atomic E-state index is 8.73. The minimum absolute atomic E-state index is 0.0225. The maximum Gasteiger partial charge on any atom is 0.164 e. The van der Waals surface area contributed by atoms with Crippen molar-refractivity contribution >= 4 is 43.7 Å². The highest BCUT2D eigenvalue weighted by molar-refractivity contribution is 6.18.